The number of carbonyl (C=O) groups excluding carboxylic acids is 1. The Balaban J connectivity index is 0.000000523. The average molecular weight is 637 g/mol. The predicted molar refractivity (Wildman–Crippen MR) is 183 cm³/mol. The number of aromatic amines is 1. The molecule has 2 atom stereocenters. The summed E-state index contributed by atoms with van der Waals surface area (Å²) in [6, 6.07) is 8.88. The van der Waals surface area contributed by atoms with Gasteiger partial charge in [0, 0.05) is 6.54 Å². The third-order valence-electron chi connectivity index (χ3n) is 8.56. The van der Waals surface area contributed by atoms with Gasteiger partial charge in [0.25, 0.3) is 6.47 Å². The van der Waals surface area contributed by atoms with Gasteiger partial charge in [-0.3, -0.25) is 9.69 Å². The van der Waals surface area contributed by atoms with E-state index in [9.17, 15) is 4.79 Å². The lowest BCUT2D eigenvalue weighted by Gasteiger charge is -2.32. The van der Waals surface area contributed by atoms with Gasteiger partial charge in [-0.05, 0) is 83.4 Å². The van der Waals surface area contributed by atoms with Crippen molar-refractivity contribution >= 4 is 48.7 Å². The van der Waals surface area contributed by atoms with Crippen LogP contribution in [-0.4, -0.2) is 77.7 Å². The molecule has 0 amide bonds. The van der Waals surface area contributed by atoms with Crippen molar-refractivity contribution in [3.63, 3.8) is 0 Å². The Labute approximate surface area is 269 Å². The second-order valence-corrected chi connectivity index (χ2v) is 12.3. The largest absolute Gasteiger partial charge is 0.494 e. The summed E-state index contributed by atoms with van der Waals surface area (Å²) in [5, 5.41) is 9.77. The van der Waals surface area contributed by atoms with Crippen LogP contribution in [0.15, 0.2) is 30.5 Å². The van der Waals surface area contributed by atoms with Crippen LogP contribution in [0.5, 0.6) is 0 Å². The highest BCUT2D eigenvalue weighted by Gasteiger charge is 2.52. The number of carboxylic acid groups (broad SMARTS) is 1. The molecule has 1 spiro atoms. The SMILES string of the molecule is CC.CN1CC2(CC2)CC1c1ncc(-c2ccc(B3OC(C)(C)C(C)(C)O3)cc2)[nH]1.CNC(C=O)C(C)C.O=CO.SS. The van der Waals surface area contributed by atoms with Crippen LogP contribution in [0.4, 0.5) is 0 Å². The fraction of sp³-hybridized carbons (Fsp3) is 0.645. The first kappa shape index (κ1) is 39.2. The lowest BCUT2D eigenvalue weighted by atomic mass is 9.79. The van der Waals surface area contributed by atoms with E-state index in [1.165, 1.54) is 25.8 Å². The summed E-state index contributed by atoms with van der Waals surface area (Å²) < 4.78 is 12.3. The van der Waals surface area contributed by atoms with E-state index in [0.29, 0.717) is 17.4 Å². The maximum absolute atomic E-state index is 10.1. The maximum Gasteiger partial charge on any atom is 0.494 e. The van der Waals surface area contributed by atoms with Crippen molar-refractivity contribution in [3.8, 4) is 11.3 Å². The number of hydrogen-bond acceptors (Lipinski definition) is 9. The van der Waals surface area contributed by atoms with E-state index in [1.54, 1.807) is 7.05 Å². The number of thiol groups is 2. The van der Waals surface area contributed by atoms with Gasteiger partial charge in [0.1, 0.15) is 12.1 Å². The molecule has 3 fully saturated rings. The van der Waals surface area contributed by atoms with Crippen molar-refractivity contribution in [1.82, 2.24) is 20.2 Å². The molecule has 2 aliphatic heterocycles. The molecule has 12 heteroatoms. The molecule has 2 unspecified atom stereocenters. The molecule has 1 aromatic heterocycles. The quantitative estimate of drug-likeness (QED) is 0.123. The molecule has 1 saturated carbocycles. The molecule has 1 aromatic carbocycles. The minimum absolute atomic E-state index is 0.0231. The van der Waals surface area contributed by atoms with Gasteiger partial charge in [0.2, 0.25) is 0 Å². The standard InChI is InChI=1S/C22H30BN3O2.C6H13NO.C2H6.CH2O2.H2S2/c1-20(2)21(3,4)28-23(27-20)16-8-6-15(7-9-16)17-13-24-19(25-17)18-12-22(10-11-22)14-26(18)5;1-5(2)6(4-8)7-3;1-2;2-1-3;1-2/h6-9,13,18H,10-12,14H2,1-5H3,(H,24,25);4-7H,1-3H3;1-2H3;1H,(H,2,3);1-2H. The Hall–Kier alpha value is -1.83. The zero-order valence-electron chi connectivity index (χ0n) is 27.5. The molecular weight excluding hydrogens is 583 g/mol. The van der Waals surface area contributed by atoms with E-state index >= 15 is 0 Å². The summed E-state index contributed by atoms with van der Waals surface area (Å²) in [5.41, 5.74) is 3.20. The molecule has 1 aliphatic carbocycles. The number of hydrogen-bond donors (Lipinski definition) is 5. The molecule has 9 nitrogen and oxygen atoms in total. The lowest BCUT2D eigenvalue weighted by Crippen LogP contribution is -2.41. The monoisotopic (exact) mass is 636 g/mol. The second kappa shape index (κ2) is 17.6. The zero-order chi connectivity index (χ0) is 33.0. The minimum Gasteiger partial charge on any atom is -0.483 e. The van der Waals surface area contributed by atoms with Crippen LogP contribution in [0.25, 0.3) is 11.3 Å². The van der Waals surface area contributed by atoms with Crippen molar-refractivity contribution in [2.24, 2.45) is 11.3 Å². The van der Waals surface area contributed by atoms with Crippen molar-refractivity contribution in [2.45, 2.75) is 97.9 Å². The first-order chi connectivity index (χ1) is 20.3. The number of nitrogens with zero attached hydrogens (tertiary/aromatic N) is 2. The number of carbonyl (C=O) groups is 2. The predicted octanol–water partition coefficient (Wildman–Crippen LogP) is 5.45. The highest BCUT2D eigenvalue weighted by Crippen LogP contribution is 2.57. The third kappa shape index (κ3) is 10.4. The number of nitrogens with one attached hydrogen (secondary N) is 2. The molecule has 2 saturated heterocycles. The highest BCUT2D eigenvalue weighted by molar-refractivity contribution is 8.59. The number of imidazole rings is 1. The molecular formula is C31H53BN4O5S2. The topological polar surface area (TPSA) is 117 Å². The molecule has 0 radical (unpaired) electrons. The molecule has 3 heterocycles. The minimum atomic E-state index is -0.321. The molecule has 242 valence electrons. The van der Waals surface area contributed by atoms with Gasteiger partial charge >= 0.3 is 7.12 Å². The Kier molecular flexibility index (Phi) is 16.1. The number of rotatable bonds is 6. The number of benzene rings is 1. The Morgan fingerprint density at radius 2 is 1.60 bits per heavy atom. The number of likely N-dealkylation sites (tertiary alicyclic amines) is 1. The molecule has 2 aromatic rings. The molecule has 0 bridgehead atoms. The maximum atomic E-state index is 10.1. The van der Waals surface area contributed by atoms with Gasteiger partial charge in [0.05, 0.1) is 35.2 Å². The first-order valence-electron chi connectivity index (χ1n) is 14.9. The number of H-pyrrole nitrogens is 1. The normalized spacial score (nSPS) is 21.1. The smallest absolute Gasteiger partial charge is 0.483 e. The van der Waals surface area contributed by atoms with Crippen LogP contribution in [0.2, 0.25) is 0 Å². The summed E-state index contributed by atoms with van der Waals surface area (Å²) in [6.45, 7) is 17.3. The molecule has 3 N–H and O–H groups in total. The van der Waals surface area contributed by atoms with E-state index in [0.717, 1.165) is 28.8 Å². The van der Waals surface area contributed by atoms with Crippen LogP contribution < -0.4 is 10.8 Å². The van der Waals surface area contributed by atoms with Gasteiger partial charge < -0.3 is 29.5 Å². The lowest BCUT2D eigenvalue weighted by molar-refractivity contribution is -0.122. The van der Waals surface area contributed by atoms with Crippen LogP contribution in [0.3, 0.4) is 0 Å². The van der Waals surface area contributed by atoms with Crippen molar-refractivity contribution in [3.05, 3.63) is 36.3 Å². The second-order valence-electron chi connectivity index (χ2n) is 12.3. The Morgan fingerprint density at radius 3 is 1.98 bits per heavy atom. The summed E-state index contributed by atoms with van der Waals surface area (Å²) in [4.78, 5) is 29.2. The van der Waals surface area contributed by atoms with Crippen LogP contribution in [-0.2, 0) is 18.9 Å². The van der Waals surface area contributed by atoms with Gasteiger partial charge in [-0.2, -0.15) is 0 Å². The van der Waals surface area contributed by atoms with E-state index in [1.807, 2.05) is 33.9 Å². The van der Waals surface area contributed by atoms with Crippen molar-refractivity contribution < 1.29 is 24.0 Å². The number of aldehydes is 1. The van der Waals surface area contributed by atoms with E-state index in [4.69, 9.17) is 24.2 Å². The Bertz CT molecular complexity index is 1090. The highest BCUT2D eigenvalue weighted by atomic mass is 33.1. The molecule has 3 aliphatic rings. The summed E-state index contributed by atoms with van der Waals surface area (Å²) in [7, 11) is 3.69. The zero-order valence-corrected chi connectivity index (χ0v) is 29.3. The van der Waals surface area contributed by atoms with E-state index in [-0.39, 0.29) is 30.8 Å². The fourth-order valence-electron chi connectivity index (χ4n) is 5.12. The van der Waals surface area contributed by atoms with Gasteiger partial charge in [-0.15, -0.1) is 23.3 Å². The third-order valence-corrected chi connectivity index (χ3v) is 8.56. The molecule has 5 rings (SSSR count). The van der Waals surface area contributed by atoms with Crippen LogP contribution in [0, 0.1) is 11.3 Å². The molecule has 43 heavy (non-hydrogen) atoms. The first-order valence-corrected chi connectivity index (χ1v) is 16.5. The fourth-order valence-corrected chi connectivity index (χ4v) is 5.12. The van der Waals surface area contributed by atoms with Crippen LogP contribution >= 0.6 is 23.3 Å². The van der Waals surface area contributed by atoms with Gasteiger partial charge in [-0.25, -0.2) is 4.98 Å². The number of aromatic nitrogens is 2. The van der Waals surface area contributed by atoms with Gasteiger partial charge in [0.15, 0.2) is 0 Å². The van der Waals surface area contributed by atoms with Gasteiger partial charge in [-0.1, -0.05) is 52.0 Å². The summed E-state index contributed by atoms with van der Waals surface area (Å²) in [5.74, 6) is 1.49. The van der Waals surface area contributed by atoms with Crippen molar-refractivity contribution in [1.29, 1.82) is 0 Å². The Morgan fingerprint density at radius 1 is 1.09 bits per heavy atom. The van der Waals surface area contributed by atoms with E-state index in [2.05, 4.69) is 97.5 Å². The summed E-state index contributed by atoms with van der Waals surface area (Å²) in [6.07, 6.45) is 6.89. The summed E-state index contributed by atoms with van der Waals surface area (Å²) >= 11 is 6.44. The number of likely N-dealkylation sites (N-methyl/N-ethyl adjacent to an activating group) is 1. The average Bonchev–Trinajstić information content (AvgIpc) is 3.29. The van der Waals surface area contributed by atoms with E-state index < -0.39 is 0 Å². The van der Waals surface area contributed by atoms with Crippen molar-refractivity contribution in [2.75, 3.05) is 20.6 Å². The van der Waals surface area contributed by atoms with Crippen LogP contribution in [0.1, 0.15) is 86.5 Å².